The molecule has 1 aliphatic rings. The molecule has 0 aliphatic carbocycles. The molecule has 1 atom stereocenters. The lowest BCUT2D eigenvalue weighted by Crippen LogP contribution is -2.19. The lowest BCUT2D eigenvalue weighted by atomic mass is 10.1. The van der Waals surface area contributed by atoms with E-state index in [1.165, 1.54) is 11.8 Å². The Bertz CT molecular complexity index is 521. The predicted octanol–water partition coefficient (Wildman–Crippen LogP) is 1.27. The summed E-state index contributed by atoms with van der Waals surface area (Å²) >= 11 is 4.72. The molecule has 0 bridgehead atoms. The van der Waals surface area contributed by atoms with Gasteiger partial charge in [-0.05, 0) is 28.1 Å². The van der Waals surface area contributed by atoms with Crippen molar-refractivity contribution in [2.45, 2.75) is 11.0 Å². The van der Waals surface area contributed by atoms with Gasteiger partial charge in [-0.3, -0.25) is 9.59 Å². The number of carbonyl (C=O) groups is 2. The molecule has 0 radical (unpaired) electrons. The van der Waals surface area contributed by atoms with E-state index >= 15 is 0 Å². The zero-order chi connectivity index (χ0) is 13.3. The fraction of sp³-hybridized carbons (Fsp3) is 0.273. The van der Waals surface area contributed by atoms with Crippen LogP contribution in [0.15, 0.2) is 21.5 Å². The van der Waals surface area contributed by atoms with Crippen molar-refractivity contribution >= 4 is 45.2 Å². The van der Waals surface area contributed by atoms with Gasteiger partial charge in [-0.25, -0.2) is 0 Å². The molecule has 5 nitrogen and oxygen atoms in total. The first kappa shape index (κ1) is 13.4. The molecule has 7 heteroatoms. The van der Waals surface area contributed by atoms with Crippen LogP contribution in [0.25, 0.3) is 0 Å². The van der Waals surface area contributed by atoms with Crippen LogP contribution in [0, 0.1) is 0 Å². The van der Waals surface area contributed by atoms with Crippen LogP contribution in [0.1, 0.15) is 11.7 Å². The third-order valence-electron chi connectivity index (χ3n) is 2.54. The largest absolute Gasteiger partial charge is 0.378 e. The van der Waals surface area contributed by atoms with E-state index in [4.69, 9.17) is 0 Å². The van der Waals surface area contributed by atoms with Crippen LogP contribution in [0.4, 0.5) is 5.69 Å². The molecular weight excluding hydrogens is 320 g/mol. The minimum atomic E-state index is -1.12. The molecule has 0 fully saturated rings. The number of aliphatic hydroxyl groups excluding tert-OH is 1. The second-order valence-corrected chi connectivity index (χ2v) is 5.60. The van der Waals surface area contributed by atoms with E-state index < -0.39 is 12.0 Å². The SMILES string of the molecule is CNC(=O)CSc1cc2c(cc1Br)C(O)C(=O)N2. The number of fused-ring (bicyclic) bond motifs is 1. The average Bonchev–Trinajstić information content (AvgIpc) is 2.62. The number of benzene rings is 1. The van der Waals surface area contributed by atoms with Gasteiger partial charge < -0.3 is 15.7 Å². The Morgan fingerprint density at radius 2 is 2.33 bits per heavy atom. The molecule has 1 heterocycles. The Kier molecular flexibility index (Phi) is 3.94. The summed E-state index contributed by atoms with van der Waals surface area (Å²) in [6, 6.07) is 3.45. The number of carbonyl (C=O) groups excluding carboxylic acids is 2. The molecule has 0 aromatic heterocycles. The first-order valence-corrected chi connectivity index (χ1v) is 6.96. The van der Waals surface area contributed by atoms with Crippen LogP contribution >= 0.6 is 27.7 Å². The monoisotopic (exact) mass is 330 g/mol. The number of rotatable bonds is 3. The van der Waals surface area contributed by atoms with Gasteiger partial charge in [0.05, 0.1) is 5.75 Å². The maximum absolute atomic E-state index is 11.3. The lowest BCUT2D eigenvalue weighted by molar-refractivity contribution is -0.123. The summed E-state index contributed by atoms with van der Waals surface area (Å²) in [5.74, 6) is -0.202. The van der Waals surface area contributed by atoms with Crippen molar-refractivity contribution in [3.8, 4) is 0 Å². The van der Waals surface area contributed by atoms with Gasteiger partial charge in [0.15, 0.2) is 6.10 Å². The molecule has 2 amide bonds. The summed E-state index contributed by atoms with van der Waals surface area (Å²) in [7, 11) is 1.58. The third kappa shape index (κ3) is 2.52. The van der Waals surface area contributed by atoms with Crippen LogP contribution in [-0.4, -0.2) is 29.7 Å². The predicted molar refractivity (Wildman–Crippen MR) is 72.5 cm³/mol. The van der Waals surface area contributed by atoms with Gasteiger partial charge >= 0.3 is 0 Å². The number of anilines is 1. The Labute approximate surface area is 116 Å². The van der Waals surface area contributed by atoms with E-state index in [-0.39, 0.29) is 5.91 Å². The topological polar surface area (TPSA) is 78.4 Å². The summed E-state index contributed by atoms with van der Waals surface area (Å²) in [4.78, 5) is 23.3. The van der Waals surface area contributed by atoms with E-state index in [0.29, 0.717) is 17.0 Å². The van der Waals surface area contributed by atoms with Gasteiger partial charge in [-0.15, -0.1) is 11.8 Å². The van der Waals surface area contributed by atoms with Crippen molar-refractivity contribution in [1.29, 1.82) is 0 Å². The second-order valence-electron chi connectivity index (χ2n) is 3.72. The Balaban J connectivity index is 2.22. The number of thioether (sulfide) groups is 1. The summed E-state index contributed by atoms with van der Waals surface area (Å²) in [5.41, 5.74) is 1.14. The summed E-state index contributed by atoms with van der Waals surface area (Å²) in [5, 5.41) is 14.7. The van der Waals surface area contributed by atoms with Crippen LogP contribution in [0.3, 0.4) is 0 Å². The van der Waals surface area contributed by atoms with Crippen molar-refractivity contribution in [1.82, 2.24) is 5.32 Å². The minimum Gasteiger partial charge on any atom is -0.378 e. The van der Waals surface area contributed by atoms with Gasteiger partial charge in [0.25, 0.3) is 5.91 Å². The van der Waals surface area contributed by atoms with E-state index in [1.807, 2.05) is 0 Å². The van der Waals surface area contributed by atoms with Crippen molar-refractivity contribution in [3.05, 3.63) is 22.2 Å². The summed E-state index contributed by atoms with van der Waals surface area (Å²) in [6.45, 7) is 0. The maximum atomic E-state index is 11.3. The Morgan fingerprint density at radius 1 is 1.61 bits per heavy atom. The normalized spacial score (nSPS) is 17.3. The van der Waals surface area contributed by atoms with E-state index in [2.05, 4.69) is 26.6 Å². The van der Waals surface area contributed by atoms with E-state index in [0.717, 1.165) is 9.37 Å². The fourth-order valence-corrected chi connectivity index (χ4v) is 3.11. The zero-order valence-electron chi connectivity index (χ0n) is 9.49. The first-order valence-electron chi connectivity index (χ1n) is 5.18. The number of hydrogen-bond donors (Lipinski definition) is 3. The van der Waals surface area contributed by atoms with Crippen molar-refractivity contribution in [2.24, 2.45) is 0 Å². The highest BCUT2D eigenvalue weighted by Gasteiger charge is 2.29. The molecule has 96 valence electrons. The smallest absolute Gasteiger partial charge is 0.257 e. The number of hydrogen-bond acceptors (Lipinski definition) is 4. The number of nitrogens with one attached hydrogen (secondary N) is 2. The molecule has 1 aliphatic heterocycles. The molecule has 0 saturated carbocycles. The van der Waals surface area contributed by atoms with E-state index in [9.17, 15) is 14.7 Å². The van der Waals surface area contributed by atoms with Gasteiger partial charge in [0.2, 0.25) is 5.91 Å². The summed E-state index contributed by atoms with van der Waals surface area (Å²) < 4.78 is 0.755. The van der Waals surface area contributed by atoms with Crippen molar-refractivity contribution < 1.29 is 14.7 Å². The molecule has 0 spiro atoms. The van der Waals surface area contributed by atoms with Crippen molar-refractivity contribution in [2.75, 3.05) is 18.1 Å². The zero-order valence-corrected chi connectivity index (χ0v) is 11.9. The van der Waals surface area contributed by atoms with Gasteiger partial charge in [0, 0.05) is 27.7 Å². The van der Waals surface area contributed by atoms with Crippen molar-refractivity contribution in [3.63, 3.8) is 0 Å². The molecule has 1 aromatic carbocycles. The van der Waals surface area contributed by atoms with Crippen LogP contribution < -0.4 is 10.6 Å². The molecule has 3 N–H and O–H groups in total. The maximum Gasteiger partial charge on any atom is 0.257 e. The standard InChI is InChI=1S/C11H11BrN2O3S/c1-13-9(15)4-18-8-3-7-5(2-6(8)12)10(16)11(17)14-7/h2-3,10,16H,4H2,1H3,(H,13,15)(H,14,17). The molecule has 1 unspecified atom stereocenters. The summed E-state index contributed by atoms with van der Waals surface area (Å²) in [6.07, 6.45) is -1.12. The number of aliphatic hydroxyl groups is 1. The number of halogens is 1. The molecular formula is C11H11BrN2O3S. The van der Waals surface area contributed by atoms with Gasteiger partial charge in [0.1, 0.15) is 0 Å². The first-order chi connectivity index (χ1) is 8.52. The average molecular weight is 331 g/mol. The third-order valence-corrected chi connectivity index (χ3v) is 4.52. The van der Waals surface area contributed by atoms with Crippen LogP contribution in [0.5, 0.6) is 0 Å². The highest BCUT2D eigenvalue weighted by atomic mass is 79.9. The molecule has 1 aromatic rings. The highest BCUT2D eigenvalue weighted by molar-refractivity contribution is 9.10. The molecule has 0 saturated heterocycles. The van der Waals surface area contributed by atoms with Crippen LogP contribution in [-0.2, 0) is 9.59 Å². The quantitative estimate of drug-likeness (QED) is 0.729. The van der Waals surface area contributed by atoms with E-state index in [1.54, 1.807) is 19.2 Å². The number of amides is 2. The highest BCUT2D eigenvalue weighted by Crippen LogP contribution is 2.38. The minimum absolute atomic E-state index is 0.0727. The second kappa shape index (κ2) is 5.29. The Morgan fingerprint density at radius 3 is 3.00 bits per heavy atom. The van der Waals surface area contributed by atoms with Gasteiger partial charge in [-0.2, -0.15) is 0 Å². The Hall–Kier alpha value is -1.05. The molecule has 2 rings (SSSR count). The molecule has 18 heavy (non-hydrogen) atoms. The van der Waals surface area contributed by atoms with Crippen LogP contribution in [0.2, 0.25) is 0 Å². The van der Waals surface area contributed by atoms with Gasteiger partial charge in [-0.1, -0.05) is 0 Å². The lowest BCUT2D eigenvalue weighted by Gasteiger charge is -2.07. The fourth-order valence-electron chi connectivity index (χ4n) is 1.57.